The average Bonchev–Trinajstić information content (AvgIpc) is 3.90. The number of hydrogen-bond acceptors (Lipinski definition) is 18. The zero-order chi connectivity index (χ0) is 48.3. The zero-order valence-electron chi connectivity index (χ0n) is 36.8. The molecule has 1 aromatic heterocycles. The van der Waals surface area contributed by atoms with E-state index in [1.54, 1.807) is 27.7 Å². The first-order valence-corrected chi connectivity index (χ1v) is 21.4. The number of carbonyl (C=O) groups excluding carboxylic acids is 5. The molecule has 19 nitrogen and oxygen atoms in total. The molecule has 1 unspecified atom stereocenters. The Labute approximate surface area is 376 Å². The third-order valence-electron chi connectivity index (χ3n) is 10.00. The predicted molar refractivity (Wildman–Crippen MR) is 225 cm³/mol. The van der Waals surface area contributed by atoms with E-state index in [-0.39, 0.29) is 90.6 Å². The third-order valence-corrected chi connectivity index (χ3v) is 11.1. The van der Waals surface area contributed by atoms with E-state index in [1.165, 1.54) is 37.3 Å². The number of ketones is 1. The highest BCUT2D eigenvalue weighted by molar-refractivity contribution is 7.20. The molecule has 4 rings (SSSR count). The number of Topliss-reactive ketones (excluding diaryl/α,β-unsaturated/α-hetero) is 1. The van der Waals surface area contributed by atoms with Gasteiger partial charge in [-0.25, -0.2) is 13.6 Å². The zero-order valence-corrected chi connectivity index (χ0v) is 37.6. The van der Waals surface area contributed by atoms with Gasteiger partial charge in [-0.05, 0) is 45.4 Å². The number of nitrogens with one attached hydrogen (secondary N) is 1. The van der Waals surface area contributed by atoms with Crippen LogP contribution in [0.3, 0.4) is 0 Å². The van der Waals surface area contributed by atoms with Crippen molar-refractivity contribution in [3.05, 3.63) is 51.4 Å². The second-order valence-electron chi connectivity index (χ2n) is 16.2. The monoisotopic (exact) mass is 942 g/mol. The third kappa shape index (κ3) is 14.1. The molecule has 3 aromatic rings. The second-order valence-corrected chi connectivity index (χ2v) is 17.3. The van der Waals surface area contributed by atoms with E-state index in [2.05, 4.69) is 5.32 Å². The number of fused-ring (bicyclic) bond motifs is 2. The molecule has 2 amide bonds. The van der Waals surface area contributed by atoms with Gasteiger partial charge in [-0.3, -0.25) is 19.2 Å². The van der Waals surface area contributed by atoms with Crippen LogP contribution < -0.4 is 19.5 Å². The lowest BCUT2D eigenvalue weighted by Crippen LogP contribution is -2.47. The Hall–Kier alpha value is -5.23. The molecule has 0 spiro atoms. The largest absolute Gasteiger partial charge is 0.496 e. The number of nitrogens with zero attached hydrogens (tertiary/aromatic N) is 1. The average molecular weight is 943 g/mol. The summed E-state index contributed by atoms with van der Waals surface area (Å²) in [6.07, 6.45) is -11.9. The molecule has 0 fully saturated rings. The highest BCUT2D eigenvalue weighted by Gasteiger charge is 2.33. The van der Waals surface area contributed by atoms with E-state index in [0.717, 1.165) is 11.3 Å². The van der Waals surface area contributed by atoms with Gasteiger partial charge in [0.05, 0.1) is 63.4 Å². The van der Waals surface area contributed by atoms with Crippen LogP contribution in [0.25, 0.3) is 10.1 Å². The van der Waals surface area contributed by atoms with Crippen LogP contribution in [-0.2, 0) is 41.7 Å². The summed E-state index contributed by atoms with van der Waals surface area (Å²) >= 11 is 0.914. The van der Waals surface area contributed by atoms with Gasteiger partial charge >= 0.3 is 18.0 Å². The first kappa shape index (κ1) is 52.4. The molecule has 0 aliphatic carbocycles. The van der Waals surface area contributed by atoms with Gasteiger partial charge in [-0.15, -0.1) is 11.3 Å². The minimum Gasteiger partial charge on any atom is -0.496 e. The number of methoxy groups -OCH3 is 2. The van der Waals surface area contributed by atoms with Crippen LogP contribution in [0, 0.1) is 11.6 Å². The van der Waals surface area contributed by atoms with Gasteiger partial charge in [0, 0.05) is 54.1 Å². The molecule has 65 heavy (non-hydrogen) atoms. The van der Waals surface area contributed by atoms with Gasteiger partial charge in [0.25, 0.3) is 0 Å². The maximum atomic E-state index is 16.1. The summed E-state index contributed by atoms with van der Waals surface area (Å²) in [5.41, 5.74) is -0.337. The van der Waals surface area contributed by atoms with Crippen LogP contribution in [-0.4, -0.2) is 142 Å². The van der Waals surface area contributed by atoms with Crippen LogP contribution in [0.1, 0.15) is 92.3 Å². The molecule has 1 aliphatic rings. The van der Waals surface area contributed by atoms with E-state index in [4.69, 9.17) is 33.5 Å². The summed E-state index contributed by atoms with van der Waals surface area (Å²) in [6.45, 7) is 4.52. The molecule has 360 valence electrons. The van der Waals surface area contributed by atoms with Crippen LogP contribution in [0.2, 0.25) is 0 Å². The number of benzene rings is 2. The molecule has 0 saturated carbocycles. The fourth-order valence-electron chi connectivity index (χ4n) is 6.58. The quantitative estimate of drug-likeness (QED) is 0.0409. The first-order valence-electron chi connectivity index (χ1n) is 20.5. The minimum absolute atomic E-state index is 0.000674. The van der Waals surface area contributed by atoms with Crippen molar-refractivity contribution in [3.8, 4) is 17.2 Å². The van der Waals surface area contributed by atoms with Crippen molar-refractivity contribution >= 4 is 51.1 Å². The number of halogens is 2. The fraction of sp³-hybridized carbons (Fsp3) is 0.558. The van der Waals surface area contributed by atoms with Crippen molar-refractivity contribution in [2.45, 2.75) is 115 Å². The summed E-state index contributed by atoms with van der Waals surface area (Å²) < 4.78 is 64.1. The first-order chi connectivity index (χ1) is 30.6. The van der Waals surface area contributed by atoms with E-state index in [0.29, 0.717) is 10.3 Å². The molecule has 1 aliphatic heterocycles. The molecular weight excluding hydrogens is 887 g/mol. The van der Waals surface area contributed by atoms with Crippen molar-refractivity contribution in [2.75, 3.05) is 40.6 Å². The number of carbonyl (C=O) groups is 5. The molecule has 6 atom stereocenters. The summed E-state index contributed by atoms with van der Waals surface area (Å²) in [5, 5.41) is 61.5. The molecule has 0 saturated heterocycles. The number of aliphatic hydroxyl groups is 6. The number of amides is 2. The lowest BCUT2D eigenvalue weighted by Gasteiger charge is -2.25. The van der Waals surface area contributed by atoms with Crippen molar-refractivity contribution in [1.82, 2.24) is 10.2 Å². The fourth-order valence-corrected chi connectivity index (χ4v) is 7.63. The molecule has 0 radical (unpaired) electrons. The highest BCUT2D eigenvalue weighted by atomic mass is 32.1. The molecule has 22 heteroatoms. The van der Waals surface area contributed by atoms with Gasteiger partial charge in [-0.1, -0.05) is 0 Å². The number of esters is 2. The molecule has 2 aromatic carbocycles. The van der Waals surface area contributed by atoms with Crippen LogP contribution in [0.15, 0.2) is 18.2 Å². The Morgan fingerprint density at radius 2 is 1.52 bits per heavy atom. The molecule has 0 bridgehead atoms. The lowest BCUT2D eigenvalue weighted by atomic mass is 9.98. The second kappa shape index (κ2) is 23.3. The number of alkyl carbamates (subject to hydrolysis) is 1. The van der Waals surface area contributed by atoms with Crippen LogP contribution >= 0.6 is 11.3 Å². The number of hydrogen-bond donors (Lipinski definition) is 7. The summed E-state index contributed by atoms with van der Waals surface area (Å²) in [6, 6.07) is 4.20. The summed E-state index contributed by atoms with van der Waals surface area (Å²) in [5.74, 6) is -4.71. The van der Waals surface area contributed by atoms with Crippen molar-refractivity contribution in [2.24, 2.45) is 0 Å². The number of thiophene rings is 1. The van der Waals surface area contributed by atoms with Crippen molar-refractivity contribution < 1.29 is 91.8 Å². The molecule has 7 N–H and O–H groups in total. The summed E-state index contributed by atoms with van der Waals surface area (Å²) in [4.78, 5) is 64.0. The van der Waals surface area contributed by atoms with Gasteiger partial charge in [0.2, 0.25) is 5.91 Å². The van der Waals surface area contributed by atoms with Gasteiger partial charge in [0.15, 0.2) is 23.1 Å². The predicted octanol–water partition coefficient (Wildman–Crippen LogP) is 2.72. The number of rotatable bonds is 23. The standard InChI is InChI=1S/C43H56F2N2O17S/c1-21(16-46-42(58)64-43(2,3)4)63-35(55)10-8-33(53)47-17-22-13-29(59-5)36(37(44)24(22)18-47)26(50)11-12-61-41-30(60-6)15-31-23(38(41)45)14-32(65-31)25(49)7-9-34(54)62-20-28(52)40(57)39(56)27(51)19-48/h13-15,21,26-28,39-40,48,50-52,56-57H,7-12,16-20H2,1-6H3,(H,46,58)/t21-,26?,27+,28+,39+,40+/m0/s1. The normalized spacial score (nSPS) is 15.3. The van der Waals surface area contributed by atoms with Crippen molar-refractivity contribution in [1.29, 1.82) is 0 Å². The van der Waals surface area contributed by atoms with E-state index in [1.807, 2.05) is 0 Å². The maximum Gasteiger partial charge on any atom is 0.407 e. The smallest absolute Gasteiger partial charge is 0.407 e. The van der Waals surface area contributed by atoms with E-state index >= 15 is 8.78 Å². The SMILES string of the molecule is COc1cc2sc(C(=O)CCC(=O)OC[C@@H](O)[C@@H](O)[C@H](O)[C@H](O)CO)cc2c(F)c1OCCC(O)c1c(OC)cc2c(c1F)CN(C(=O)CCC(=O)O[C@@H](C)CNC(=O)OC(C)(C)C)C2. The Kier molecular flexibility index (Phi) is 18.8. The Morgan fingerprint density at radius 3 is 2.17 bits per heavy atom. The Bertz CT molecular complexity index is 2180. The van der Waals surface area contributed by atoms with Crippen LogP contribution in [0.4, 0.5) is 13.6 Å². The highest BCUT2D eigenvalue weighted by Crippen LogP contribution is 2.42. The lowest BCUT2D eigenvalue weighted by molar-refractivity contribution is -0.156. The number of ether oxygens (including phenoxy) is 6. The van der Waals surface area contributed by atoms with Crippen molar-refractivity contribution in [3.63, 3.8) is 0 Å². The van der Waals surface area contributed by atoms with Gasteiger partial charge < -0.3 is 69.3 Å². The maximum absolute atomic E-state index is 16.1. The molecule has 2 heterocycles. The minimum atomic E-state index is -1.95. The van der Waals surface area contributed by atoms with Gasteiger partial charge in [-0.2, -0.15) is 0 Å². The van der Waals surface area contributed by atoms with E-state index in [9.17, 15) is 49.5 Å². The van der Waals surface area contributed by atoms with Gasteiger partial charge in [0.1, 0.15) is 54.3 Å². The Morgan fingerprint density at radius 1 is 0.862 bits per heavy atom. The summed E-state index contributed by atoms with van der Waals surface area (Å²) in [7, 11) is 2.54. The number of aliphatic hydroxyl groups excluding tert-OH is 6. The van der Waals surface area contributed by atoms with Crippen LogP contribution in [0.5, 0.6) is 17.2 Å². The van der Waals surface area contributed by atoms with E-state index < -0.39 is 103 Å². The molecular formula is C43H56F2N2O17S. The Balaban J connectivity index is 1.32. The topological polar surface area (TPSA) is 277 Å².